The molecule has 1 aromatic rings. The van der Waals surface area contributed by atoms with Gasteiger partial charge in [-0.3, -0.25) is 4.79 Å². The van der Waals surface area contributed by atoms with Crippen LogP contribution in [0.3, 0.4) is 0 Å². The van der Waals surface area contributed by atoms with E-state index < -0.39 is 5.91 Å². The number of rotatable bonds is 4. The monoisotopic (exact) mass is 279 g/mol. The van der Waals surface area contributed by atoms with Gasteiger partial charge in [0.15, 0.2) is 0 Å². The molecule has 0 aliphatic rings. The van der Waals surface area contributed by atoms with Gasteiger partial charge in [-0.1, -0.05) is 11.8 Å². The molecule has 0 saturated heterocycles. The second-order valence-corrected chi connectivity index (χ2v) is 4.84. The zero-order chi connectivity index (χ0) is 13.7. The van der Waals surface area contributed by atoms with E-state index in [-0.39, 0.29) is 22.7 Å². The van der Waals surface area contributed by atoms with Crippen molar-refractivity contribution in [1.29, 1.82) is 10.5 Å². The lowest BCUT2D eigenvalue weighted by Crippen LogP contribution is -2.13. The highest BCUT2D eigenvalue weighted by Gasteiger charge is 2.18. The molecule has 18 heavy (non-hydrogen) atoms. The Morgan fingerprint density at radius 2 is 2.00 bits per heavy atom. The van der Waals surface area contributed by atoms with E-state index in [1.165, 1.54) is 11.8 Å². The van der Waals surface area contributed by atoms with Crippen molar-refractivity contribution in [2.45, 2.75) is 9.92 Å². The van der Waals surface area contributed by atoms with E-state index in [1.54, 1.807) is 6.26 Å². The number of pyridine rings is 1. The zero-order valence-electron chi connectivity index (χ0n) is 9.43. The maximum Gasteiger partial charge on any atom is 0.227 e. The van der Waals surface area contributed by atoms with Gasteiger partial charge in [0.2, 0.25) is 5.91 Å². The number of hydrogen-bond donors (Lipinski definition) is 2. The number of aromatic nitrogens is 1. The summed E-state index contributed by atoms with van der Waals surface area (Å²) in [5, 5.41) is 18.4. The van der Waals surface area contributed by atoms with Crippen molar-refractivity contribution in [3.63, 3.8) is 0 Å². The average Bonchev–Trinajstić information content (AvgIpc) is 2.34. The van der Waals surface area contributed by atoms with Gasteiger partial charge in [-0.15, -0.1) is 11.8 Å². The van der Waals surface area contributed by atoms with Gasteiger partial charge in [-0.05, 0) is 6.26 Å². The molecule has 0 aliphatic carbocycles. The molecule has 8 heteroatoms. The van der Waals surface area contributed by atoms with Crippen molar-refractivity contribution in [2.24, 2.45) is 5.73 Å². The SMILES string of the molecule is CSc1c(C#N)c(N)nc(SCC(N)=O)c1C#N. The van der Waals surface area contributed by atoms with Gasteiger partial charge >= 0.3 is 0 Å². The summed E-state index contributed by atoms with van der Waals surface area (Å²) < 4.78 is 0. The summed E-state index contributed by atoms with van der Waals surface area (Å²) in [5.74, 6) is -0.465. The summed E-state index contributed by atoms with van der Waals surface area (Å²) in [5.41, 5.74) is 11.1. The zero-order valence-corrected chi connectivity index (χ0v) is 11.1. The van der Waals surface area contributed by atoms with E-state index in [1.807, 2.05) is 12.1 Å². The first-order valence-electron chi connectivity index (χ1n) is 4.63. The quantitative estimate of drug-likeness (QED) is 0.776. The second-order valence-electron chi connectivity index (χ2n) is 3.06. The molecule has 4 N–H and O–H groups in total. The Balaban J connectivity index is 3.37. The summed E-state index contributed by atoms with van der Waals surface area (Å²) in [4.78, 5) is 15.2. The highest BCUT2D eigenvalue weighted by molar-refractivity contribution is 8.00. The molecule has 0 spiro atoms. The fourth-order valence-electron chi connectivity index (χ4n) is 1.21. The fourth-order valence-corrected chi connectivity index (χ4v) is 2.71. The van der Waals surface area contributed by atoms with Crippen LogP contribution < -0.4 is 11.5 Å². The number of nitrogen functional groups attached to an aromatic ring is 1. The van der Waals surface area contributed by atoms with Crippen LogP contribution >= 0.6 is 23.5 Å². The molecule has 0 bridgehead atoms. The second kappa shape index (κ2) is 6.15. The van der Waals surface area contributed by atoms with Gasteiger partial charge in [-0.2, -0.15) is 10.5 Å². The summed E-state index contributed by atoms with van der Waals surface area (Å²) in [6.45, 7) is 0. The van der Waals surface area contributed by atoms with Crippen molar-refractivity contribution in [3.05, 3.63) is 11.1 Å². The Kier molecular flexibility index (Phi) is 4.84. The summed E-state index contributed by atoms with van der Waals surface area (Å²) in [6, 6.07) is 3.90. The van der Waals surface area contributed by atoms with Gasteiger partial charge in [0.05, 0.1) is 11.3 Å². The van der Waals surface area contributed by atoms with Crippen LogP contribution in [0.5, 0.6) is 0 Å². The Bertz CT molecular complexity index is 573. The van der Waals surface area contributed by atoms with E-state index >= 15 is 0 Å². The molecule has 1 amide bonds. The van der Waals surface area contributed by atoms with Crippen LogP contribution in [0.1, 0.15) is 11.1 Å². The van der Waals surface area contributed by atoms with Crippen LogP contribution in [0.25, 0.3) is 0 Å². The third-order valence-corrected chi connectivity index (χ3v) is 3.74. The summed E-state index contributed by atoms with van der Waals surface area (Å²) >= 11 is 2.27. The molecule has 0 saturated carbocycles. The lowest BCUT2D eigenvalue weighted by molar-refractivity contribution is -0.115. The van der Waals surface area contributed by atoms with Gasteiger partial charge < -0.3 is 11.5 Å². The summed E-state index contributed by atoms with van der Waals surface area (Å²) in [6.07, 6.45) is 1.74. The lowest BCUT2D eigenvalue weighted by Gasteiger charge is -2.09. The van der Waals surface area contributed by atoms with Crippen LogP contribution in [0.2, 0.25) is 0 Å². The van der Waals surface area contributed by atoms with Crippen LogP contribution in [0.15, 0.2) is 9.92 Å². The molecule has 92 valence electrons. The normalized spacial score (nSPS) is 9.50. The molecular formula is C10H9N5OS2. The predicted octanol–water partition coefficient (Wildman–Crippen LogP) is 0.706. The van der Waals surface area contributed by atoms with Gasteiger partial charge in [0, 0.05) is 4.90 Å². The van der Waals surface area contributed by atoms with Crippen molar-refractivity contribution >= 4 is 35.2 Å². The highest BCUT2D eigenvalue weighted by Crippen LogP contribution is 2.33. The minimum absolute atomic E-state index is 0.000835. The maximum absolute atomic E-state index is 10.7. The number of nitrogens with two attached hydrogens (primary N) is 2. The van der Waals surface area contributed by atoms with E-state index in [2.05, 4.69) is 4.98 Å². The molecule has 0 unspecified atom stereocenters. The third kappa shape index (κ3) is 2.86. The van der Waals surface area contributed by atoms with Gasteiger partial charge in [0.25, 0.3) is 0 Å². The number of primary amides is 1. The van der Waals surface area contributed by atoms with Gasteiger partial charge in [0.1, 0.15) is 28.5 Å². The van der Waals surface area contributed by atoms with E-state index in [0.29, 0.717) is 9.92 Å². The summed E-state index contributed by atoms with van der Waals surface area (Å²) in [7, 11) is 0. The molecule has 1 aromatic heterocycles. The van der Waals surface area contributed by atoms with E-state index in [0.717, 1.165) is 11.8 Å². The highest BCUT2D eigenvalue weighted by atomic mass is 32.2. The number of carbonyl (C=O) groups excluding carboxylic acids is 1. The predicted molar refractivity (Wildman–Crippen MR) is 69.8 cm³/mol. The van der Waals surface area contributed by atoms with E-state index in [9.17, 15) is 4.79 Å². The Hall–Kier alpha value is -1.90. The number of amides is 1. The molecule has 0 aliphatic heterocycles. The van der Waals surface area contributed by atoms with Gasteiger partial charge in [-0.25, -0.2) is 4.98 Å². The Labute approximate surface area is 112 Å². The van der Waals surface area contributed by atoms with Crippen LogP contribution in [-0.2, 0) is 4.79 Å². The van der Waals surface area contributed by atoms with Crippen molar-refractivity contribution in [2.75, 3.05) is 17.7 Å². The lowest BCUT2D eigenvalue weighted by atomic mass is 10.2. The molecule has 6 nitrogen and oxygen atoms in total. The molecule has 0 fully saturated rings. The minimum atomic E-state index is -0.515. The molecule has 1 rings (SSSR count). The van der Waals surface area contributed by atoms with Crippen LogP contribution in [0.4, 0.5) is 5.82 Å². The number of thioether (sulfide) groups is 2. The molecule has 0 radical (unpaired) electrons. The first-order valence-corrected chi connectivity index (χ1v) is 6.84. The largest absolute Gasteiger partial charge is 0.383 e. The fraction of sp³-hybridized carbons (Fsp3) is 0.200. The first kappa shape index (κ1) is 14.2. The number of anilines is 1. The Morgan fingerprint density at radius 1 is 1.39 bits per heavy atom. The number of nitrogens with zero attached hydrogens (tertiary/aromatic N) is 3. The molecule has 1 heterocycles. The minimum Gasteiger partial charge on any atom is -0.383 e. The topological polar surface area (TPSA) is 130 Å². The first-order chi connectivity index (χ1) is 8.54. The van der Waals surface area contributed by atoms with Crippen LogP contribution in [-0.4, -0.2) is 22.9 Å². The number of hydrogen-bond acceptors (Lipinski definition) is 7. The smallest absolute Gasteiger partial charge is 0.227 e. The third-order valence-electron chi connectivity index (χ3n) is 1.93. The van der Waals surface area contributed by atoms with Crippen LogP contribution in [0, 0.1) is 22.7 Å². The van der Waals surface area contributed by atoms with Crippen molar-refractivity contribution in [1.82, 2.24) is 4.98 Å². The molecule has 0 atom stereocenters. The van der Waals surface area contributed by atoms with E-state index in [4.69, 9.17) is 22.0 Å². The van der Waals surface area contributed by atoms with Crippen molar-refractivity contribution < 1.29 is 4.79 Å². The van der Waals surface area contributed by atoms with Crippen molar-refractivity contribution in [3.8, 4) is 12.1 Å². The molecular weight excluding hydrogens is 270 g/mol. The molecule has 0 aromatic carbocycles. The Morgan fingerprint density at radius 3 is 2.44 bits per heavy atom. The maximum atomic E-state index is 10.7. The number of carbonyl (C=O) groups is 1. The standard InChI is InChI=1S/C10H9N5OS2/c1-17-8-5(2-11)9(14)15-10(6(8)3-12)18-4-7(13)16/h4H2,1H3,(H2,13,16)(H2,14,15). The number of nitriles is 2. The average molecular weight is 279 g/mol.